The van der Waals surface area contributed by atoms with Gasteiger partial charge in [-0.3, -0.25) is 9.59 Å². The van der Waals surface area contributed by atoms with Crippen LogP contribution < -0.4 is 0 Å². The number of aryl methyl sites for hydroxylation is 1. The highest BCUT2D eigenvalue weighted by Gasteiger charge is 2.27. The summed E-state index contributed by atoms with van der Waals surface area (Å²) in [6, 6.07) is 10.5. The van der Waals surface area contributed by atoms with E-state index in [0.29, 0.717) is 17.2 Å². The molecule has 4 heteroatoms. The summed E-state index contributed by atoms with van der Waals surface area (Å²) in [5, 5.41) is 0. The van der Waals surface area contributed by atoms with Crippen LogP contribution in [0.25, 0.3) is 0 Å². The molecule has 1 aliphatic rings. The van der Waals surface area contributed by atoms with Gasteiger partial charge in [0.25, 0.3) is 5.91 Å². The SMILES string of the molecule is CC(=O)c1c(C)[nH]c(C(=O)N2CCC(c3ccccc3)CC2)c1C. The molecule has 1 saturated heterocycles. The third-order valence-electron chi connectivity index (χ3n) is 5.06. The highest BCUT2D eigenvalue weighted by Crippen LogP contribution is 2.29. The molecule has 2 heterocycles. The van der Waals surface area contributed by atoms with E-state index in [1.807, 2.05) is 24.8 Å². The van der Waals surface area contributed by atoms with Crippen molar-refractivity contribution in [2.24, 2.45) is 0 Å². The maximum Gasteiger partial charge on any atom is 0.270 e. The Hall–Kier alpha value is -2.36. The third-order valence-corrected chi connectivity index (χ3v) is 5.06. The summed E-state index contributed by atoms with van der Waals surface area (Å²) >= 11 is 0. The molecule has 1 N–H and O–H groups in total. The molecular formula is C20H24N2O2. The summed E-state index contributed by atoms with van der Waals surface area (Å²) in [5.74, 6) is 0.534. The Kier molecular flexibility index (Phi) is 4.56. The molecule has 0 unspecified atom stereocenters. The van der Waals surface area contributed by atoms with Crippen LogP contribution in [0.5, 0.6) is 0 Å². The number of nitrogens with zero attached hydrogens (tertiary/aromatic N) is 1. The first-order chi connectivity index (χ1) is 11.5. The van der Waals surface area contributed by atoms with Crippen LogP contribution in [0, 0.1) is 13.8 Å². The predicted molar refractivity (Wildman–Crippen MR) is 94.6 cm³/mol. The van der Waals surface area contributed by atoms with Gasteiger partial charge in [0, 0.05) is 24.3 Å². The molecule has 4 nitrogen and oxygen atoms in total. The Morgan fingerprint density at radius 3 is 2.25 bits per heavy atom. The number of likely N-dealkylation sites (tertiary alicyclic amines) is 1. The number of hydrogen-bond donors (Lipinski definition) is 1. The first-order valence-corrected chi connectivity index (χ1v) is 8.53. The summed E-state index contributed by atoms with van der Waals surface area (Å²) in [6.07, 6.45) is 1.96. The largest absolute Gasteiger partial charge is 0.354 e. The van der Waals surface area contributed by atoms with Gasteiger partial charge in [-0.1, -0.05) is 30.3 Å². The summed E-state index contributed by atoms with van der Waals surface area (Å²) in [7, 11) is 0. The van der Waals surface area contributed by atoms with E-state index in [0.717, 1.165) is 37.2 Å². The molecule has 1 aromatic carbocycles. The van der Waals surface area contributed by atoms with E-state index >= 15 is 0 Å². The van der Waals surface area contributed by atoms with Crippen molar-refractivity contribution in [3.63, 3.8) is 0 Å². The number of carbonyl (C=O) groups excluding carboxylic acids is 2. The molecule has 1 aliphatic heterocycles. The fraction of sp³-hybridized carbons (Fsp3) is 0.400. The average molecular weight is 324 g/mol. The number of Topliss-reactive ketones (excluding diaryl/α,β-unsaturated/α-hetero) is 1. The second-order valence-electron chi connectivity index (χ2n) is 6.66. The molecule has 0 radical (unpaired) electrons. The number of aromatic amines is 1. The Morgan fingerprint density at radius 2 is 1.71 bits per heavy atom. The quantitative estimate of drug-likeness (QED) is 0.872. The molecule has 3 rings (SSSR count). The minimum Gasteiger partial charge on any atom is -0.354 e. The average Bonchev–Trinajstić information content (AvgIpc) is 2.89. The number of rotatable bonds is 3. The molecule has 0 atom stereocenters. The van der Waals surface area contributed by atoms with Crippen molar-refractivity contribution < 1.29 is 9.59 Å². The lowest BCUT2D eigenvalue weighted by atomic mass is 9.89. The molecule has 1 fully saturated rings. The van der Waals surface area contributed by atoms with Crippen LogP contribution in [0.2, 0.25) is 0 Å². The summed E-state index contributed by atoms with van der Waals surface area (Å²) < 4.78 is 0. The minimum atomic E-state index is 0.00286. The van der Waals surface area contributed by atoms with Crippen molar-refractivity contribution in [1.29, 1.82) is 0 Å². The lowest BCUT2D eigenvalue weighted by Crippen LogP contribution is -2.38. The van der Waals surface area contributed by atoms with E-state index < -0.39 is 0 Å². The fourth-order valence-corrected chi connectivity index (χ4v) is 3.79. The van der Waals surface area contributed by atoms with Crippen LogP contribution in [0.4, 0.5) is 0 Å². The van der Waals surface area contributed by atoms with Gasteiger partial charge < -0.3 is 9.88 Å². The van der Waals surface area contributed by atoms with Gasteiger partial charge in [-0.2, -0.15) is 0 Å². The number of ketones is 1. The van der Waals surface area contributed by atoms with Crippen LogP contribution in [-0.2, 0) is 0 Å². The molecule has 0 aliphatic carbocycles. The van der Waals surface area contributed by atoms with Crippen LogP contribution in [0.3, 0.4) is 0 Å². The minimum absolute atomic E-state index is 0.00286. The molecule has 2 aromatic rings. The van der Waals surface area contributed by atoms with Gasteiger partial charge in [0.05, 0.1) is 0 Å². The van der Waals surface area contributed by atoms with Crippen molar-refractivity contribution in [2.75, 3.05) is 13.1 Å². The summed E-state index contributed by atoms with van der Waals surface area (Å²) in [5.41, 5.74) is 4.13. The van der Waals surface area contributed by atoms with Crippen LogP contribution in [0.1, 0.15) is 63.4 Å². The number of nitrogens with one attached hydrogen (secondary N) is 1. The maximum atomic E-state index is 12.8. The molecule has 126 valence electrons. The predicted octanol–water partition coefficient (Wildman–Crippen LogP) is 3.85. The van der Waals surface area contributed by atoms with Crippen molar-refractivity contribution in [3.05, 3.63) is 58.4 Å². The Bertz CT molecular complexity index is 753. The molecule has 1 aromatic heterocycles. The molecule has 0 spiro atoms. The van der Waals surface area contributed by atoms with Gasteiger partial charge in [0.1, 0.15) is 5.69 Å². The zero-order chi connectivity index (χ0) is 17.3. The van der Waals surface area contributed by atoms with Gasteiger partial charge in [0.2, 0.25) is 0 Å². The van der Waals surface area contributed by atoms with Gasteiger partial charge in [-0.25, -0.2) is 0 Å². The lowest BCUT2D eigenvalue weighted by Gasteiger charge is -2.32. The van der Waals surface area contributed by atoms with Crippen LogP contribution >= 0.6 is 0 Å². The smallest absolute Gasteiger partial charge is 0.270 e. The number of H-pyrrole nitrogens is 1. The fourth-order valence-electron chi connectivity index (χ4n) is 3.79. The highest BCUT2D eigenvalue weighted by molar-refractivity contribution is 6.02. The van der Waals surface area contributed by atoms with E-state index in [4.69, 9.17) is 0 Å². The number of aromatic nitrogens is 1. The van der Waals surface area contributed by atoms with E-state index in [2.05, 4.69) is 29.2 Å². The highest BCUT2D eigenvalue weighted by atomic mass is 16.2. The number of piperidine rings is 1. The molecule has 24 heavy (non-hydrogen) atoms. The first-order valence-electron chi connectivity index (χ1n) is 8.53. The lowest BCUT2D eigenvalue weighted by molar-refractivity contribution is 0.0707. The van der Waals surface area contributed by atoms with E-state index in [9.17, 15) is 9.59 Å². The number of hydrogen-bond acceptors (Lipinski definition) is 2. The van der Waals surface area contributed by atoms with Crippen LogP contribution in [-0.4, -0.2) is 34.7 Å². The van der Waals surface area contributed by atoms with Gasteiger partial charge >= 0.3 is 0 Å². The van der Waals surface area contributed by atoms with Gasteiger partial charge in [-0.05, 0) is 50.7 Å². The number of carbonyl (C=O) groups is 2. The molecule has 1 amide bonds. The van der Waals surface area contributed by atoms with Crippen molar-refractivity contribution in [1.82, 2.24) is 9.88 Å². The topological polar surface area (TPSA) is 53.2 Å². The standard InChI is InChI=1S/C20H24N2O2/c1-13-18(15(3)23)14(2)21-19(13)20(24)22-11-9-17(10-12-22)16-7-5-4-6-8-16/h4-8,17,21H,9-12H2,1-3H3. The second kappa shape index (κ2) is 6.63. The zero-order valence-electron chi connectivity index (χ0n) is 14.6. The Labute approximate surface area is 142 Å². The summed E-state index contributed by atoms with van der Waals surface area (Å²) in [6.45, 7) is 6.76. The van der Waals surface area contributed by atoms with E-state index in [1.54, 1.807) is 6.92 Å². The normalized spacial score (nSPS) is 15.5. The number of amides is 1. The first kappa shape index (κ1) is 16.5. The zero-order valence-corrected chi connectivity index (χ0v) is 14.6. The third kappa shape index (κ3) is 3.01. The van der Waals surface area contributed by atoms with Crippen molar-refractivity contribution >= 4 is 11.7 Å². The van der Waals surface area contributed by atoms with Gasteiger partial charge in [-0.15, -0.1) is 0 Å². The van der Waals surface area contributed by atoms with Crippen molar-refractivity contribution in [2.45, 2.75) is 39.5 Å². The van der Waals surface area contributed by atoms with E-state index in [1.165, 1.54) is 5.56 Å². The summed E-state index contributed by atoms with van der Waals surface area (Å²) in [4.78, 5) is 29.6. The Balaban J connectivity index is 1.72. The molecule has 0 bridgehead atoms. The maximum absolute atomic E-state index is 12.8. The monoisotopic (exact) mass is 324 g/mol. The second-order valence-corrected chi connectivity index (χ2v) is 6.66. The van der Waals surface area contributed by atoms with Crippen LogP contribution in [0.15, 0.2) is 30.3 Å². The molecule has 0 saturated carbocycles. The Morgan fingerprint density at radius 1 is 1.08 bits per heavy atom. The molecular weight excluding hydrogens is 300 g/mol. The van der Waals surface area contributed by atoms with Gasteiger partial charge in [0.15, 0.2) is 5.78 Å². The van der Waals surface area contributed by atoms with E-state index in [-0.39, 0.29) is 11.7 Å². The number of benzene rings is 1. The van der Waals surface area contributed by atoms with Crippen molar-refractivity contribution in [3.8, 4) is 0 Å².